The summed E-state index contributed by atoms with van der Waals surface area (Å²) in [6, 6.07) is 7.28. The molecule has 1 aromatic rings. The Morgan fingerprint density at radius 3 is 2.43 bits per heavy atom. The molecule has 0 aromatic heterocycles. The Labute approximate surface area is 124 Å². The van der Waals surface area contributed by atoms with Crippen LogP contribution in [0.3, 0.4) is 0 Å². The Bertz CT molecular complexity index is 470. The minimum Gasteiger partial charge on any atom is -0.479 e. The van der Waals surface area contributed by atoms with Crippen LogP contribution in [0, 0.1) is 5.92 Å². The summed E-state index contributed by atoms with van der Waals surface area (Å²) in [5, 5.41) is 14.6. The maximum Gasteiger partial charge on any atom is 0.330 e. The van der Waals surface area contributed by atoms with Gasteiger partial charge in [-0.3, -0.25) is 0 Å². The molecular formula is C16H22N2O3. The highest BCUT2D eigenvalue weighted by molar-refractivity contribution is 5.83. The predicted molar refractivity (Wildman–Crippen MR) is 79.9 cm³/mol. The molecule has 1 unspecified atom stereocenters. The Morgan fingerprint density at radius 2 is 1.81 bits per heavy atom. The number of hydrogen-bond donors (Lipinski definition) is 3. The molecule has 1 atom stereocenters. The third-order valence-electron chi connectivity index (χ3n) is 3.93. The van der Waals surface area contributed by atoms with E-state index in [-0.39, 0.29) is 0 Å². The van der Waals surface area contributed by atoms with Crippen LogP contribution in [0.5, 0.6) is 0 Å². The summed E-state index contributed by atoms with van der Waals surface area (Å²) in [7, 11) is 0. The van der Waals surface area contributed by atoms with Crippen LogP contribution in [-0.4, -0.2) is 23.7 Å². The van der Waals surface area contributed by atoms with Gasteiger partial charge in [-0.15, -0.1) is 0 Å². The number of carboxylic acid groups (broad SMARTS) is 1. The number of amides is 2. The molecule has 3 N–H and O–H groups in total. The molecule has 2 amide bonds. The highest BCUT2D eigenvalue weighted by Crippen LogP contribution is 2.22. The van der Waals surface area contributed by atoms with Crippen LogP contribution in [0.4, 0.5) is 4.79 Å². The van der Waals surface area contributed by atoms with E-state index in [0.717, 1.165) is 12.8 Å². The first-order valence-corrected chi connectivity index (χ1v) is 7.49. The lowest BCUT2D eigenvalue weighted by atomic mass is 9.89. The van der Waals surface area contributed by atoms with Crippen molar-refractivity contribution < 1.29 is 14.7 Å². The lowest BCUT2D eigenvalue weighted by Crippen LogP contribution is -2.42. The van der Waals surface area contributed by atoms with E-state index in [1.54, 1.807) is 24.3 Å². The molecule has 5 nitrogen and oxygen atoms in total. The molecule has 2 rings (SSSR count). The van der Waals surface area contributed by atoms with E-state index in [0.29, 0.717) is 18.0 Å². The van der Waals surface area contributed by atoms with Gasteiger partial charge in [-0.2, -0.15) is 0 Å². The molecule has 0 bridgehead atoms. The van der Waals surface area contributed by atoms with E-state index in [9.17, 15) is 14.7 Å². The van der Waals surface area contributed by atoms with Crippen molar-refractivity contribution >= 4 is 12.0 Å². The molecule has 0 spiro atoms. The number of nitrogens with one attached hydrogen (secondary N) is 2. The van der Waals surface area contributed by atoms with Gasteiger partial charge in [-0.1, -0.05) is 49.6 Å². The van der Waals surface area contributed by atoms with E-state index in [1.165, 1.54) is 19.3 Å². The first-order valence-electron chi connectivity index (χ1n) is 7.49. The molecule has 1 fully saturated rings. The highest BCUT2D eigenvalue weighted by Gasteiger charge is 2.22. The molecule has 1 aliphatic carbocycles. The summed E-state index contributed by atoms with van der Waals surface area (Å²) < 4.78 is 0. The van der Waals surface area contributed by atoms with Crippen molar-refractivity contribution in [2.45, 2.75) is 38.1 Å². The number of rotatable bonds is 5. The van der Waals surface area contributed by atoms with Crippen molar-refractivity contribution in [3.63, 3.8) is 0 Å². The summed E-state index contributed by atoms with van der Waals surface area (Å²) in [4.78, 5) is 23.2. The highest BCUT2D eigenvalue weighted by atomic mass is 16.4. The third-order valence-corrected chi connectivity index (χ3v) is 3.93. The molecule has 114 valence electrons. The molecule has 0 aliphatic heterocycles. The van der Waals surface area contributed by atoms with Gasteiger partial charge in [-0.05, 0) is 24.3 Å². The van der Waals surface area contributed by atoms with Gasteiger partial charge in [0.05, 0.1) is 0 Å². The zero-order valence-corrected chi connectivity index (χ0v) is 12.0. The Balaban J connectivity index is 1.85. The molecular weight excluding hydrogens is 268 g/mol. The number of carboxylic acids is 1. The largest absolute Gasteiger partial charge is 0.479 e. The first-order chi connectivity index (χ1) is 10.2. The van der Waals surface area contributed by atoms with Gasteiger partial charge in [0, 0.05) is 6.54 Å². The molecule has 0 saturated heterocycles. The lowest BCUT2D eigenvalue weighted by Gasteiger charge is -2.22. The van der Waals surface area contributed by atoms with Gasteiger partial charge in [0.2, 0.25) is 0 Å². The van der Waals surface area contributed by atoms with Gasteiger partial charge >= 0.3 is 12.0 Å². The molecule has 5 heteroatoms. The summed E-state index contributed by atoms with van der Waals surface area (Å²) in [6.45, 7) is 0.618. The number of benzene rings is 1. The van der Waals surface area contributed by atoms with E-state index in [2.05, 4.69) is 10.6 Å². The fourth-order valence-electron chi connectivity index (χ4n) is 2.74. The third kappa shape index (κ3) is 4.77. The normalized spacial score (nSPS) is 17.0. The topological polar surface area (TPSA) is 78.4 Å². The van der Waals surface area contributed by atoms with Crippen molar-refractivity contribution in [1.29, 1.82) is 0 Å². The summed E-state index contributed by atoms with van der Waals surface area (Å²) >= 11 is 0. The fraction of sp³-hybridized carbons (Fsp3) is 0.500. The molecule has 21 heavy (non-hydrogen) atoms. The van der Waals surface area contributed by atoms with Gasteiger partial charge in [0.25, 0.3) is 0 Å². The SMILES string of the molecule is O=C(NCC1CCCCC1)NC(C(=O)O)c1ccccc1. The van der Waals surface area contributed by atoms with Gasteiger partial charge < -0.3 is 15.7 Å². The van der Waals surface area contributed by atoms with Crippen LogP contribution in [-0.2, 0) is 4.79 Å². The zero-order valence-electron chi connectivity index (χ0n) is 12.0. The second-order valence-corrected chi connectivity index (χ2v) is 5.54. The van der Waals surface area contributed by atoms with Crippen LogP contribution in [0.1, 0.15) is 43.7 Å². The quantitative estimate of drug-likeness (QED) is 0.780. The number of aliphatic carboxylic acids is 1. The zero-order chi connectivity index (χ0) is 15.1. The maximum absolute atomic E-state index is 11.9. The lowest BCUT2D eigenvalue weighted by molar-refractivity contribution is -0.139. The minimum absolute atomic E-state index is 0.420. The average Bonchev–Trinajstić information content (AvgIpc) is 2.52. The average molecular weight is 290 g/mol. The molecule has 1 aromatic carbocycles. The Morgan fingerprint density at radius 1 is 1.14 bits per heavy atom. The van der Waals surface area contributed by atoms with Gasteiger partial charge in [-0.25, -0.2) is 9.59 Å². The van der Waals surface area contributed by atoms with Crippen LogP contribution in [0.2, 0.25) is 0 Å². The monoisotopic (exact) mass is 290 g/mol. The molecule has 0 heterocycles. The number of urea groups is 1. The van der Waals surface area contributed by atoms with Crippen molar-refractivity contribution in [3.05, 3.63) is 35.9 Å². The van der Waals surface area contributed by atoms with Crippen LogP contribution < -0.4 is 10.6 Å². The molecule has 1 saturated carbocycles. The first kappa shape index (κ1) is 15.4. The summed E-state index contributed by atoms with van der Waals surface area (Å²) in [6.07, 6.45) is 5.99. The van der Waals surface area contributed by atoms with Crippen LogP contribution in [0.25, 0.3) is 0 Å². The summed E-state index contributed by atoms with van der Waals surface area (Å²) in [5.74, 6) is -0.543. The van der Waals surface area contributed by atoms with Crippen LogP contribution >= 0.6 is 0 Å². The van der Waals surface area contributed by atoms with Crippen molar-refractivity contribution in [3.8, 4) is 0 Å². The second-order valence-electron chi connectivity index (χ2n) is 5.54. The minimum atomic E-state index is -1.06. The Kier molecular flexibility index (Phi) is 5.60. The second kappa shape index (κ2) is 7.67. The number of carbonyl (C=O) groups is 2. The standard InChI is InChI=1S/C16H22N2O3/c19-15(20)14(13-9-5-2-6-10-13)18-16(21)17-11-12-7-3-1-4-8-12/h2,5-6,9-10,12,14H,1,3-4,7-8,11H2,(H,19,20)(H2,17,18,21). The van der Waals surface area contributed by atoms with Crippen molar-refractivity contribution in [2.24, 2.45) is 5.92 Å². The van der Waals surface area contributed by atoms with Crippen molar-refractivity contribution in [2.75, 3.05) is 6.54 Å². The van der Waals surface area contributed by atoms with Crippen LogP contribution in [0.15, 0.2) is 30.3 Å². The van der Waals surface area contributed by atoms with E-state index in [4.69, 9.17) is 0 Å². The number of carbonyl (C=O) groups excluding carboxylic acids is 1. The predicted octanol–water partition coefficient (Wildman–Crippen LogP) is 2.69. The van der Waals surface area contributed by atoms with Gasteiger partial charge in [0.1, 0.15) is 0 Å². The smallest absolute Gasteiger partial charge is 0.330 e. The maximum atomic E-state index is 11.9. The Hall–Kier alpha value is -2.04. The van der Waals surface area contributed by atoms with E-state index >= 15 is 0 Å². The number of hydrogen-bond acceptors (Lipinski definition) is 2. The summed E-state index contributed by atoms with van der Waals surface area (Å²) in [5.41, 5.74) is 0.567. The molecule has 0 radical (unpaired) electrons. The van der Waals surface area contributed by atoms with E-state index in [1.807, 2.05) is 6.07 Å². The van der Waals surface area contributed by atoms with Crippen molar-refractivity contribution in [1.82, 2.24) is 10.6 Å². The molecule has 1 aliphatic rings. The van der Waals surface area contributed by atoms with E-state index < -0.39 is 18.0 Å². The fourth-order valence-corrected chi connectivity index (χ4v) is 2.74. The van der Waals surface area contributed by atoms with Gasteiger partial charge in [0.15, 0.2) is 6.04 Å².